The first-order valence-corrected chi connectivity index (χ1v) is 18.6. The van der Waals surface area contributed by atoms with E-state index < -0.39 is 55.2 Å². The van der Waals surface area contributed by atoms with E-state index in [1.807, 2.05) is 6.92 Å². The Hall–Kier alpha value is -4.39. The molecule has 1 aliphatic heterocycles. The smallest absolute Gasteiger partial charge is 0.326 e. The quantitative estimate of drug-likeness (QED) is 0.0761. The van der Waals surface area contributed by atoms with Gasteiger partial charge in [-0.2, -0.15) is 47.7 Å². The normalized spacial score (nSPS) is 15.4. The van der Waals surface area contributed by atoms with Gasteiger partial charge in [0.25, 0.3) is 26.1 Å². The van der Waals surface area contributed by atoms with Crippen LogP contribution < -0.4 is 14.4 Å². The molecule has 1 aromatic heterocycles. The first-order chi connectivity index (χ1) is 23.7. The van der Waals surface area contributed by atoms with Gasteiger partial charge in [-0.1, -0.05) is 32.2 Å². The first kappa shape index (κ1) is 39.4. The minimum atomic E-state index is -4.66. The fraction of sp³-hybridized carbons (Fsp3) is 0.303. The molecule has 0 spiro atoms. The number of nitrogens with zero attached hydrogens (tertiary/aromatic N) is 4. The van der Waals surface area contributed by atoms with E-state index in [2.05, 4.69) is 13.2 Å². The van der Waals surface area contributed by atoms with Crippen LogP contribution in [0.15, 0.2) is 85.4 Å². The van der Waals surface area contributed by atoms with Crippen molar-refractivity contribution in [3.8, 4) is 0 Å². The molecule has 3 aromatic rings. The number of benzene rings is 2. The number of anilines is 2. The number of aromatic nitrogens is 2. The average Bonchev–Trinajstić information content (AvgIpc) is 3.49. The third-order valence-corrected chi connectivity index (χ3v) is 9.60. The van der Waals surface area contributed by atoms with E-state index in [0.29, 0.717) is 34.8 Å². The summed E-state index contributed by atoms with van der Waals surface area (Å²) in [6.45, 7) is 9.19. The van der Waals surface area contributed by atoms with Crippen molar-refractivity contribution >= 4 is 54.9 Å². The maximum absolute atomic E-state index is 13.6. The molecular weight excluding hydrogens is 727 g/mol. The lowest BCUT2D eigenvalue weighted by atomic mass is 10.1. The summed E-state index contributed by atoms with van der Waals surface area (Å²) in [6, 6.07) is 6.21. The topological polar surface area (TPSA) is 124 Å². The number of hydrogen-bond acceptors (Lipinski definition) is 6. The van der Waals surface area contributed by atoms with Gasteiger partial charge in [0.1, 0.15) is 5.82 Å². The molecule has 0 radical (unpaired) electrons. The molecule has 2 heterocycles. The Morgan fingerprint density at radius 2 is 1.45 bits per heavy atom. The summed E-state index contributed by atoms with van der Waals surface area (Å²) in [5.41, 5.74) is -0.262. The predicted octanol–water partition coefficient (Wildman–Crippen LogP) is 7.28. The van der Waals surface area contributed by atoms with Crippen molar-refractivity contribution in [2.24, 2.45) is 0 Å². The van der Waals surface area contributed by atoms with Gasteiger partial charge in [-0.3, -0.25) is 9.11 Å². The molecule has 276 valence electrons. The van der Waals surface area contributed by atoms with Gasteiger partial charge in [0.15, 0.2) is 11.0 Å². The molecule has 1 aliphatic rings. The van der Waals surface area contributed by atoms with Crippen LogP contribution in [0, 0.1) is 0 Å². The Morgan fingerprint density at radius 1 is 0.863 bits per heavy atom. The summed E-state index contributed by atoms with van der Waals surface area (Å²) in [5.74, 6) is -0.614. The van der Waals surface area contributed by atoms with Crippen LogP contribution in [0.4, 0.5) is 37.7 Å². The summed E-state index contributed by atoms with van der Waals surface area (Å²) in [6.07, 6.45) is 0.0682. The van der Waals surface area contributed by atoms with Gasteiger partial charge in [0.2, 0.25) is 0 Å². The van der Waals surface area contributed by atoms with Gasteiger partial charge in [-0.25, -0.2) is 4.57 Å². The van der Waals surface area contributed by atoms with Crippen molar-refractivity contribution in [2.45, 2.75) is 45.1 Å². The monoisotopic (exact) mass is 761 g/mol. The van der Waals surface area contributed by atoms with Gasteiger partial charge >= 0.3 is 12.4 Å². The number of hydrogen-bond donors (Lipinski definition) is 2. The third-order valence-electron chi connectivity index (χ3n) is 7.99. The second kappa shape index (κ2) is 15.1. The zero-order chi connectivity index (χ0) is 37.9. The van der Waals surface area contributed by atoms with Gasteiger partial charge in [0, 0.05) is 31.3 Å². The molecule has 0 unspecified atom stereocenters. The minimum Gasteiger partial charge on any atom is -0.326 e. The lowest BCUT2D eigenvalue weighted by Gasteiger charge is -2.23. The molecule has 0 fully saturated rings. The van der Waals surface area contributed by atoms with Crippen molar-refractivity contribution in [3.63, 3.8) is 0 Å². The van der Waals surface area contributed by atoms with E-state index in [0.717, 1.165) is 24.3 Å². The predicted molar refractivity (Wildman–Crippen MR) is 183 cm³/mol. The highest BCUT2D eigenvalue weighted by Crippen LogP contribution is 2.45. The highest BCUT2D eigenvalue weighted by Gasteiger charge is 2.36. The van der Waals surface area contributed by atoms with Crippen LogP contribution in [0.2, 0.25) is 0 Å². The van der Waals surface area contributed by atoms with Crippen LogP contribution in [0.25, 0.3) is 23.3 Å². The van der Waals surface area contributed by atoms with E-state index in [1.54, 1.807) is 24.3 Å². The van der Waals surface area contributed by atoms with Crippen molar-refractivity contribution < 1.29 is 56.9 Å². The molecule has 0 saturated heterocycles. The molecule has 0 aliphatic carbocycles. The summed E-state index contributed by atoms with van der Waals surface area (Å²) < 4.78 is 149. The van der Waals surface area contributed by atoms with Crippen LogP contribution in [-0.2, 0) is 39.1 Å². The van der Waals surface area contributed by atoms with Crippen LogP contribution >= 0.6 is 0 Å². The molecule has 0 atom stereocenters. The molecule has 51 heavy (non-hydrogen) atoms. The van der Waals surface area contributed by atoms with Crippen LogP contribution in [-0.4, -0.2) is 48.6 Å². The fourth-order valence-electron chi connectivity index (χ4n) is 5.65. The van der Waals surface area contributed by atoms with Crippen LogP contribution in [0.1, 0.15) is 43.1 Å². The molecule has 10 nitrogen and oxygen atoms in total. The Morgan fingerprint density at radius 3 is 2.00 bits per heavy atom. The highest BCUT2D eigenvalue weighted by atomic mass is 32.2. The number of halogens is 6. The number of allylic oxidation sites excluding steroid dienone is 4. The largest absolute Gasteiger partial charge is 0.416 e. The zero-order valence-corrected chi connectivity index (χ0v) is 28.8. The molecule has 0 saturated carbocycles. The average molecular weight is 762 g/mol. The van der Waals surface area contributed by atoms with Crippen LogP contribution in [0.5, 0.6) is 0 Å². The van der Waals surface area contributed by atoms with Gasteiger partial charge in [0.05, 0.1) is 46.8 Å². The molecule has 4 rings (SSSR count). The number of aryl methyl sites for hydroxylation is 1. The molecule has 0 bridgehead atoms. The Bertz CT molecular complexity index is 2140. The number of imidazole rings is 1. The van der Waals surface area contributed by atoms with Crippen molar-refractivity contribution in [2.75, 3.05) is 27.9 Å². The van der Waals surface area contributed by atoms with E-state index in [9.17, 15) is 52.3 Å². The summed E-state index contributed by atoms with van der Waals surface area (Å²) in [7, 11) is -8.71. The molecule has 2 aromatic carbocycles. The third kappa shape index (κ3) is 9.49. The molecule has 0 amide bonds. The maximum Gasteiger partial charge on any atom is 0.416 e. The second-order valence-electron chi connectivity index (χ2n) is 11.4. The number of fused-ring (bicyclic) bond motifs is 2. The van der Waals surface area contributed by atoms with E-state index in [1.165, 1.54) is 43.5 Å². The van der Waals surface area contributed by atoms with Gasteiger partial charge < -0.3 is 9.80 Å². The van der Waals surface area contributed by atoms with Crippen molar-refractivity contribution in [1.29, 1.82) is 0 Å². The lowest BCUT2D eigenvalue weighted by Crippen LogP contribution is -2.29. The van der Waals surface area contributed by atoms with Crippen molar-refractivity contribution in [3.05, 3.63) is 102 Å². The Kier molecular flexibility index (Phi) is 11.6. The zero-order valence-electron chi connectivity index (χ0n) is 27.2. The lowest BCUT2D eigenvalue weighted by molar-refractivity contribution is -0.542. The summed E-state index contributed by atoms with van der Waals surface area (Å²) in [4.78, 5) is 3.00. The van der Waals surface area contributed by atoms with E-state index in [-0.39, 0.29) is 37.1 Å². The highest BCUT2D eigenvalue weighted by molar-refractivity contribution is 7.86. The Labute approximate surface area is 291 Å². The first-order valence-electron chi connectivity index (χ1n) is 15.4. The Balaban J connectivity index is 1.81. The van der Waals surface area contributed by atoms with Gasteiger partial charge in [-0.15, -0.1) is 0 Å². The van der Waals surface area contributed by atoms with Crippen LogP contribution in [0.3, 0.4) is 0 Å². The SMILES string of the molecule is C=CN1\C(=C/C=C(/C=C/c2n(CCCS(=O)(=O)O)c3cc(C(F)(F)F)ccc3[n+]2C=C)CC)N(CCCS(=O)(=O)O)c2cc(C(F)(F)F)ccc21. The maximum atomic E-state index is 13.6. The molecule has 18 heteroatoms. The fourth-order valence-corrected chi connectivity index (χ4v) is 6.64. The summed E-state index contributed by atoms with van der Waals surface area (Å²) >= 11 is 0. The minimum absolute atomic E-state index is 0.0850. The summed E-state index contributed by atoms with van der Waals surface area (Å²) in [5, 5.41) is 0. The van der Waals surface area contributed by atoms with E-state index >= 15 is 0 Å². The molecular formula is C33H35F6N4O6S2+. The number of alkyl halides is 6. The van der Waals surface area contributed by atoms with E-state index in [4.69, 9.17) is 0 Å². The second-order valence-corrected chi connectivity index (χ2v) is 14.5. The van der Waals surface area contributed by atoms with Crippen molar-refractivity contribution in [1.82, 2.24) is 4.57 Å². The number of rotatable bonds is 14. The standard InChI is InChI=1S/C33H34F6N4O6S2/c1-4-23(9-15-30-40(5-2)26-13-11-24(32(34,35)36)21-28(26)42(30)17-7-19-50(44,45)46)10-16-31-41(6-3)27-14-12-25(33(37,38)39)22-29(27)43(31)18-8-20-51(47,48)49/h5-6,9-16,21-22H,2-4,7-8,17-20H2,1H3,(H-,44,45,46,47,48,49)/p+1. The van der Waals surface area contributed by atoms with Gasteiger partial charge in [-0.05, 0) is 54.8 Å². The molecule has 2 N–H and O–H groups in total.